The van der Waals surface area contributed by atoms with E-state index < -0.39 is 10.0 Å². The molecule has 0 unspecified atom stereocenters. The molecule has 1 aromatic carbocycles. The van der Waals surface area contributed by atoms with Crippen LogP contribution in [0.25, 0.3) is 0 Å². The fourth-order valence-corrected chi connectivity index (χ4v) is 2.66. The normalized spacial score (nSPS) is 15.6. The van der Waals surface area contributed by atoms with Gasteiger partial charge in [-0.05, 0) is 25.0 Å². The minimum absolute atomic E-state index is 0.0227. The standard InChI is InChI=1S/C12H15NO4S/c14-8-7-13-18(16,17)11-5-3-10(4-6-11)12(15)9-1-2-9/h3-6,9,13-14H,1-2,7-8H2. The van der Waals surface area contributed by atoms with E-state index in [0.717, 1.165) is 12.8 Å². The molecule has 1 aliphatic carbocycles. The molecule has 0 saturated heterocycles. The third kappa shape index (κ3) is 2.95. The number of carbonyl (C=O) groups is 1. The highest BCUT2D eigenvalue weighted by molar-refractivity contribution is 7.89. The Labute approximate surface area is 106 Å². The first kappa shape index (κ1) is 13.2. The van der Waals surface area contributed by atoms with Gasteiger partial charge in [-0.3, -0.25) is 4.79 Å². The Kier molecular flexibility index (Phi) is 3.79. The van der Waals surface area contributed by atoms with Crippen LogP contribution >= 0.6 is 0 Å². The zero-order valence-electron chi connectivity index (χ0n) is 9.80. The summed E-state index contributed by atoms with van der Waals surface area (Å²) in [6.07, 6.45) is 1.86. The average molecular weight is 269 g/mol. The summed E-state index contributed by atoms with van der Waals surface area (Å²) in [7, 11) is -3.59. The molecule has 5 nitrogen and oxygen atoms in total. The largest absolute Gasteiger partial charge is 0.395 e. The summed E-state index contributed by atoms with van der Waals surface area (Å²) < 4.78 is 25.7. The molecule has 0 amide bonds. The van der Waals surface area contributed by atoms with Crippen molar-refractivity contribution in [1.29, 1.82) is 0 Å². The van der Waals surface area contributed by atoms with Gasteiger partial charge in [0.05, 0.1) is 11.5 Å². The lowest BCUT2D eigenvalue weighted by Gasteiger charge is -2.06. The Morgan fingerprint density at radius 2 is 1.89 bits per heavy atom. The van der Waals surface area contributed by atoms with Gasteiger partial charge in [0.15, 0.2) is 5.78 Å². The molecule has 0 atom stereocenters. The van der Waals surface area contributed by atoms with Crippen molar-refractivity contribution in [1.82, 2.24) is 4.72 Å². The van der Waals surface area contributed by atoms with Crippen molar-refractivity contribution in [2.75, 3.05) is 13.2 Å². The smallest absolute Gasteiger partial charge is 0.240 e. The molecular formula is C12H15NO4S. The van der Waals surface area contributed by atoms with E-state index in [1.807, 2.05) is 0 Å². The van der Waals surface area contributed by atoms with Gasteiger partial charge < -0.3 is 5.11 Å². The van der Waals surface area contributed by atoms with Crippen LogP contribution in [0.15, 0.2) is 29.2 Å². The van der Waals surface area contributed by atoms with Crippen molar-refractivity contribution in [2.45, 2.75) is 17.7 Å². The Balaban J connectivity index is 2.14. The van der Waals surface area contributed by atoms with Gasteiger partial charge in [0.1, 0.15) is 0 Å². The molecule has 1 fully saturated rings. The first-order chi connectivity index (χ1) is 8.54. The van der Waals surface area contributed by atoms with E-state index in [0.29, 0.717) is 5.56 Å². The zero-order chi connectivity index (χ0) is 13.2. The maximum Gasteiger partial charge on any atom is 0.240 e. The van der Waals surface area contributed by atoms with Crippen LogP contribution in [-0.2, 0) is 10.0 Å². The third-order valence-corrected chi connectivity index (χ3v) is 4.28. The van der Waals surface area contributed by atoms with E-state index in [9.17, 15) is 13.2 Å². The van der Waals surface area contributed by atoms with Crippen molar-refractivity contribution in [3.63, 3.8) is 0 Å². The predicted octanol–water partition coefficient (Wildman–Crippen LogP) is 0.550. The summed E-state index contributed by atoms with van der Waals surface area (Å²) >= 11 is 0. The Hall–Kier alpha value is -1.24. The number of hydrogen-bond acceptors (Lipinski definition) is 4. The second-order valence-electron chi connectivity index (χ2n) is 4.28. The van der Waals surface area contributed by atoms with Crippen LogP contribution in [0.1, 0.15) is 23.2 Å². The molecule has 1 saturated carbocycles. The van der Waals surface area contributed by atoms with E-state index in [4.69, 9.17) is 5.11 Å². The quantitative estimate of drug-likeness (QED) is 0.739. The van der Waals surface area contributed by atoms with Gasteiger partial charge in [0.2, 0.25) is 10.0 Å². The number of hydrogen-bond donors (Lipinski definition) is 2. The van der Waals surface area contributed by atoms with Gasteiger partial charge >= 0.3 is 0 Å². The molecule has 0 aromatic heterocycles. The summed E-state index contributed by atoms with van der Waals surface area (Å²) in [5.74, 6) is 0.210. The number of nitrogens with one attached hydrogen (secondary N) is 1. The highest BCUT2D eigenvalue weighted by atomic mass is 32.2. The van der Waals surface area contributed by atoms with Crippen molar-refractivity contribution in [3.05, 3.63) is 29.8 Å². The molecule has 18 heavy (non-hydrogen) atoms. The summed E-state index contributed by atoms with van der Waals surface area (Å²) in [4.78, 5) is 11.8. The summed E-state index contributed by atoms with van der Waals surface area (Å²) in [6, 6.07) is 5.90. The number of aliphatic hydroxyl groups is 1. The predicted molar refractivity (Wildman–Crippen MR) is 65.8 cm³/mol. The van der Waals surface area contributed by atoms with Crippen LogP contribution in [0, 0.1) is 5.92 Å². The van der Waals surface area contributed by atoms with E-state index in [1.54, 1.807) is 0 Å². The van der Waals surface area contributed by atoms with E-state index in [-0.39, 0.29) is 29.7 Å². The molecule has 0 bridgehead atoms. The van der Waals surface area contributed by atoms with E-state index in [1.165, 1.54) is 24.3 Å². The number of Topliss-reactive ketones (excluding diaryl/α,β-unsaturated/α-hetero) is 1. The number of carbonyl (C=O) groups excluding carboxylic acids is 1. The number of aliphatic hydroxyl groups excluding tert-OH is 1. The topological polar surface area (TPSA) is 83.5 Å². The summed E-state index contributed by atoms with van der Waals surface area (Å²) in [5, 5.41) is 8.59. The fourth-order valence-electron chi connectivity index (χ4n) is 1.64. The molecule has 1 aromatic rings. The van der Waals surface area contributed by atoms with Crippen LogP contribution in [0.3, 0.4) is 0 Å². The van der Waals surface area contributed by atoms with Crippen LogP contribution in [0.4, 0.5) is 0 Å². The second-order valence-corrected chi connectivity index (χ2v) is 6.05. The lowest BCUT2D eigenvalue weighted by Crippen LogP contribution is -2.26. The second kappa shape index (κ2) is 5.17. The SMILES string of the molecule is O=C(c1ccc(S(=O)(=O)NCCO)cc1)C1CC1. The molecule has 6 heteroatoms. The molecule has 2 N–H and O–H groups in total. The van der Waals surface area contributed by atoms with Crippen LogP contribution < -0.4 is 4.72 Å². The first-order valence-corrected chi connectivity index (χ1v) is 7.28. The van der Waals surface area contributed by atoms with Gasteiger partial charge in [0.25, 0.3) is 0 Å². The number of sulfonamides is 1. The van der Waals surface area contributed by atoms with Crippen LogP contribution in [0.5, 0.6) is 0 Å². The number of rotatable bonds is 6. The van der Waals surface area contributed by atoms with Crippen molar-refractivity contribution < 1.29 is 18.3 Å². The molecule has 1 aliphatic rings. The number of ketones is 1. The monoisotopic (exact) mass is 269 g/mol. The molecule has 2 rings (SSSR count). The fraction of sp³-hybridized carbons (Fsp3) is 0.417. The summed E-state index contributed by atoms with van der Waals surface area (Å²) in [6.45, 7) is -0.275. The van der Waals surface area contributed by atoms with Gasteiger partial charge in [-0.25, -0.2) is 13.1 Å². The summed E-state index contributed by atoms with van der Waals surface area (Å²) in [5.41, 5.74) is 0.554. The highest BCUT2D eigenvalue weighted by Gasteiger charge is 2.30. The highest BCUT2D eigenvalue weighted by Crippen LogP contribution is 2.32. The minimum atomic E-state index is -3.59. The van der Waals surface area contributed by atoms with E-state index in [2.05, 4.69) is 4.72 Å². The molecule has 0 aliphatic heterocycles. The van der Waals surface area contributed by atoms with Crippen molar-refractivity contribution in [2.24, 2.45) is 5.92 Å². The minimum Gasteiger partial charge on any atom is -0.395 e. The van der Waals surface area contributed by atoms with Crippen LogP contribution in [-0.4, -0.2) is 32.5 Å². The third-order valence-electron chi connectivity index (χ3n) is 2.80. The van der Waals surface area contributed by atoms with E-state index >= 15 is 0 Å². The lowest BCUT2D eigenvalue weighted by molar-refractivity contribution is 0.0967. The maximum absolute atomic E-state index is 11.7. The van der Waals surface area contributed by atoms with Gasteiger partial charge in [-0.2, -0.15) is 0 Å². The zero-order valence-corrected chi connectivity index (χ0v) is 10.6. The van der Waals surface area contributed by atoms with Crippen molar-refractivity contribution >= 4 is 15.8 Å². The van der Waals surface area contributed by atoms with Gasteiger partial charge in [-0.15, -0.1) is 0 Å². The average Bonchev–Trinajstić information content (AvgIpc) is 3.20. The maximum atomic E-state index is 11.7. The van der Waals surface area contributed by atoms with Gasteiger partial charge in [0, 0.05) is 18.0 Å². The van der Waals surface area contributed by atoms with Crippen LogP contribution in [0.2, 0.25) is 0 Å². The Morgan fingerprint density at radius 1 is 1.28 bits per heavy atom. The number of benzene rings is 1. The Bertz CT molecular complexity index is 532. The molecule has 98 valence electrons. The van der Waals surface area contributed by atoms with Gasteiger partial charge in [-0.1, -0.05) is 12.1 Å². The first-order valence-electron chi connectivity index (χ1n) is 5.79. The molecule has 0 spiro atoms. The Morgan fingerprint density at radius 3 is 2.39 bits per heavy atom. The van der Waals surface area contributed by atoms with Crippen molar-refractivity contribution in [3.8, 4) is 0 Å². The molecular weight excluding hydrogens is 254 g/mol. The lowest BCUT2D eigenvalue weighted by atomic mass is 10.1. The molecule has 0 heterocycles. The molecule has 0 radical (unpaired) electrons.